The maximum absolute atomic E-state index is 12.5. The molecule has 1 aromatic rings. The van der Waals surface area contributed by atoms with Gasteiger partial charge in [-0.05, 0) is 56.3 Å². The molecule has 148 valence electrons. The van der Waals surface area contributed by atoms with Gasteiger partial charge < -0.3 is 15.1 Å². The van der Waals surface area contributed by atoms with Crippen LogP contribution in [0.2, 0.25) is 10.0 Å². The van der Waals surface area contributed by atoms with Crippen LogP contribution in [-0.4, -0.2) is 72.6 Å². The van der Waals surface area contributed by atoms with E-state index in [1.807, 2.05) is 4.90 Å². The number of hydrogen-bond acceptors (Lipinski definition) is 3. The van der Waals surface area contributed by atoms with Crippen LogP contribution in [0.1, 0.15) is 25.7 Å². The number of urea groups is 1. The van der Waals surface area contributed by atoms with Crippen LogP contribution in [0.5, 0.6) is 0 Å². The number of anilines is 1. The molecule has 2 saturated heterocycles. The Morgan fingerprint density at radius 3 is 2.52 bits per heavy atom. The Morgan fingerprint density at radius 2 is 1.81 bits per heavy atom. The lowest BCUT2D eigenvalue weighted by atomic mass is 9.97. The summed E-state index contributed by atoms with van der Waals surface area (Å²) in [4.78, 5) is 19.6. The van der Waals surface area contributed by atoms with E-state index in [1.165, 1.54) is 45.3 Å². The number of carbonyl (C=O) groups is 1. The summed E-state index contributed by atoms with van der Waals surface area (Å²) < 4.78 is 0. The van der Waals surface area contributed by atoms with Crippen molar-refractivity contribution in [3.63, 3.8) is 0 Å². The average molecular weight is 411 g/mol. The number of amides is 2. The van der Waals surface area contributed by atoms with E-state index < -0.39 is 0 Å². The first kappa shape index (κ1) is 19.3. The molecule has 0 aromatic heterocycles. The van der Waals surface area contributed by atoms with Crippen molar-refractivity contribution in [3.8, 4) is 0 Å². The van der Waals surface area contributed by atoms with Crippen LogP contribution >= 0.6 is 23.2 Å². The molecule has 2 amide bonds. The van der Waals surface area contributed by atoms with Crippen molar-refractivity contribution < 1.29 is 4.79 Å². The Labute approximate surface area is 171 Å². The van der Waals surface area contributed by atoms with Gasteiger partial charge in [0.15, 0.2) is 0 Å². The number of hydrogen-bond donors (Lipinski definition) is 1. The van der Waals surface area contributed by atoms with Gasteiger partial charge in [0.2, 0.25) is 0 Å². The first-order valence-electron chi connectivity index (χ1n) is 10.1. The number of carbonyl (C=O) groups excluding carboxylic acids is 1. The normalized spacial score (nSPS) is 24.8. The van der Waals surface area contributed by atoms with Crippen molar-refractivity contribution >= 4 is 34.9 Å². The number of likely N-dealkylation sites (tertiary alicyclic amines) is 1. The summed E-state index contributed by atoms with van der Waals surface area (Å²) in [5.41, 5.74) is 0.680. The highest BCUT2D eigenvalue weighted by molar-refractivity contribution is 6.42. The molecule has 0 spiro atoms. The molecule has 2 aliphatic heterocycles. The summed E-state index contributed by atoms with van der Waals surface area (Å²) in [6.07, 6.45) is 5.49. The van der Waals surface area contributed by atoms with Gasteiger partial charge in [0.1, 0.15) is 0 Å². The molecule has 27 heavy (non-hydrogen) atoms. The van der Waals surface area contributed by atoms with Gasteiger partial charge in [-0.25, -0.2) is 4.79 Å². The molecule has 1 atom stereocenters. The number of benzene rings is 1. The molecule has 0 bridgehead atoms. The van der Waals surface area contributed by atoms with Crippen molar-refractivity contribution in [1.82, 2.24) is 14.7 Å². The molecule has 0 radical (unpaired) electrons. The zero-order valence-electron chi connectivity index (χ0n) is 15.7. The Kier molecular flexibility index (Phi) is 6.12. The van der Waals surface area contributed by atoms with Crippen molar-refractivity contribution in [2.75, 3.05) is 51.1 Å². The molecule has 1 aliphatic carbocycles. The number of nitrogens with zero attached hydrogens (tertiary/aromatic N) is 3. The fraction of sp³-hybridized carbons (Fsp3) is 0.650. The van der Waals surface area contributed by atoms with Crippen LogP contribution in [0.15, 0.2) is 18.2 Å². The van der Waals surface area contributed by atoms with Gasteiger partial charge in [0, 0.05) is 51.0 Å². The van der Waals surface area contributed by atoms with E-state index in [-0.39, 0.29) is 6.03 Å². The van der Waals surface area contributed by atoms with Gasteiger partial charge in [-0.1, -0.05) is 23.2 Å². The van der Waals surface area contributed by atoms with Gasteiger partial charge >= 0.3 is 6.03 Å². The van der Waals surface area contributed by atoms with Gasteiger partial charge in [0.05, 0.1) is 10.0 Å². The average Bonchev–Trinajstić information content (AvgIpc) is 3.51. The van der Waals surface area contributed by atoms with Crippen LogP contribution in [-0.2, 0) is 0 Å². The SMILES string of the molecule is O=C(Nc1ccc(Cl)c(Cl)c1)N1CCN(C[C@H]2CCCN(C3CC3)C2)CC1. The lowest BCUT2D eigenvalue weighted by Gasteiger charge is -2.39. The predicted octanol–water partition coefficient (Wildman–Crippen LogP) is 4.02. The maximum atomic E-state index is 12.5. The highest BCUT2D eigenvalue weighted by atomic mass is 35.5. The zero-order valence-corrected chi connectivity index (χ0v) is 17.2. The summed E-state index contributed by atoms with van der Waals surface area (Å²) in [6, 6.07) is 5.98. The minimum absolute atomic E-state index is 0.0642. The number of piperazine rings is 1. The molecule has 3 fully saturated rings. The molecule has 3 aliphatic rings. The standard InChI is InChI=1S/C20H28Cl2N4O/c21-18-6-3-16(12-19(18)22)23-20(27)25-10-8-24(9-11-25)13-15-2-1-7-26(14-15)17-4-5-17/h3,6,12,15,17H,1-2,4-5,7-11,13-14H2,(H,23,27)/t15-/m1/s1. The van der Waals surface area contributed by atoms with Crippen LogP contribution in [0.25, 0.3) is 0 Å². The fourth-order valence-corrected chi connectivity index (χ4v) is 4.59. The predicted molar refractivity (Wildman–Crippen MR) is 111 cm³/mol. The Balaban J connectivity index is 1.22. The largest absolute Gasteiger partial charge is 0.322 e. The number of piperidine rings is 1. The number of nitrogens with one attached hydrogen (secondary N) is 1. The summed E-state index contributed by atoms with van der Waals surface area (Å²) in [5, 5.41) is 3.86. The van der Waals surface area contributed by atoms with E-state index in [2.05, 4.69) is 15.1 Å². The smallest absolute Gasteiger partial charge is 0.321 e. The van der Waals surface area contributed by atoms with E-state index in [1.54, 1.807) is 18.2 Å². The second-order valence-electron chi connectivity index (χ2n) is 8.08. The van der Waals surface area contributed by atoms with Gasteiger partial charge in [-0.15, -0.1) is 0 Å². The summed E-state index contributed by atoms with van der Waals surface area (Å²) in [5.74, 6) is 0.788. The molecule has 5 nitrogen and oxygen atoms in total. The van der Waals surface area contributed by atoms with Crippen molar-refractivity contribution in [3.05, 3.63) is 28.2 Å². The van der Waals surface area contributed by atoms with Gasteiger partial charge in [-0.2, -0.15) is 0 Å². The van der Waals surface area contributed by atoms with Crippen molar-refractivity contribution in [1.29, 1.82) is 0 Å². The molecular formula is C20H28Cl2N4O. The van der Waals surface area contributed by atoms with Crippen LogP contribution in [0.4, 0.5) is 10.5 Å². The highest BCUT2D eigenvalue weighted by Crippen LogP contribution is 2.31. The molecule has 4 rings (SSSR count). The molecule has 0 unspecified atom stereocenters. The van der Waals surface area contributed by atoms with E-state index in [0.29, 0.717) is 15.7 Å². The highest BCUT2D eigenvalue weighted by Gasteiger charge is 2.33. The summed E-state index contributed by atoms with van der Waals surface area (Å²) in [6.45, 7) is 7.18. The van der Waals surface area contributed by atoms with Gasteiger partial charge in [0.25, 0.3) is 0 Å². The zero-order chi connectivity index (χ0) is 18.8. The third kappa shape index (κ3) is 5.08. The maximum Gasteiger partial charge on any atom is 0.321 e. The monoisotopic (exact) mass is 410 g/mol. The third-order valence-electron chi connectivity index (χ3n) is 5.96. The molecule has 2 heterocycles. The van der Waals surface area contributed by atoms with E-state index in [4.69, 9.17) is 23.2 Å². The lowest BCUT2D eigenvalue weighted by Crippen LogP contribution is -2.52. The fourth-order valence-electron chi connectivity index (χ4n) is 4.29. The topological polar surface area (TPSA) is 38.8 Å². The Morgan fingerprint density at radius 1 is 1.04 bits per heavy atom. The third-order valence-corrected chi connectivity index (χ3v) is 6.70. The lowest BCUT2D eigenvalue weighted by molar-refractivity contribution is 0.0982. The van der Waals surface area contributed by atoms with E-state index >= 15 is 0 Å². The van der Waals surface area contributed by atoms with Gasteiger partial charge in [-0.3, -0.25) is 4.90 Å². The van der Waals surface area contributed by atoms with E-state index in [9.17, 15) is 4.79 Å². The molecular weight excluding hydrogens is 383 g/mol. The molecule has 1 aromatic carbocycles. The Bertz CT molecular complexity index is 674. The summed E-state index contributed by atoms with van der Waals surface area (Å²) >= 11 is 11.9. The van der Waals surface area contributed by atoms with Crippen LogP contribution in [0.3, 0.4) is 0 Å². The molecule has 7 heteroatoms. The van der Waals surface area contributed by atoms with Crippen molar-refractivity contribution in [2.45, 2.75) is 31.7 Å². The van der Waals surface area contributed by atoms with Crippen LogP contribution in [0, 0.1) is 5.92 Å². The van der Waals surface area contributed by atoms with E-state index in [0.717, 1.165) is 38.1 Å². The first-order chi connectivity index (χ1) is 13.1. The molecule has 1 saturated carbocycles. The minimum Gasteiger partial charge on any atom is -0.322 e. The van der Waals surface area contributed by atoms with Crippen molar-refractivity contribution in [2.24, 2.45) is 5.92 Å². The Hall–Kier alpha value is -1.01. The second kappa shape index (κ2) is 8.56. The summed E-state index contributed by atoms with van der Waals surface area (Å²) in [7, 11) is 0. The number of halogens is 2. The minimum atomic E-state index is -0.0642. The number of rotatable bonds is 4. The molecule has 1 N–H and O–H groups in total. The second-order valence-corrected chi connectivity index (χ2v) is 8.90. The quantitative estimate of drug-likeness (QED) is 0.814. The first-order valence-corrected chi connectivity index (χ1v) is 10.8. The van der Waals surface area contributed by atoms with Crippen LogP contribution < -0.4 is 5.32 Å².